The molecule has 0 atom stereocenters. The average molecular weight is 465 g/mol. The fourth-order valence-electron chi connectivity index (χ4n) is 3.89. The molecular weight excluding hydrogens is 435 g/mol. The van der Waals surface area contributed by atoms with Gasteiger partial charge in [0.05, 0.1) is 0 Å². The summed E-state index contributed by atoms with van der Waals surface area (Å²) in [7, 11) is 0. The van der Waals surface area contributed by atoms with Crippen LogP contribution in [0.3, 0.4) is 0 Å². The molecule has 2 heterocycles. The number of carbonyl (C=O) groups is 1. The van der Waals surface area contributed by atoms with E-state index in [9.17, 15) is 14.3 Å². The fraction of sp³-hybridized carbons (Fsp3) is 0.346. The summed E-state index contributed by atoms with van der Waals surface area (Å²) in [6, 6.07) is 15.3. The van der Waals surface area contributed by atoms with Crippen LogP contribution < -0.4 is 4.90 Å². The lowest BCUT2D eigenvalue weighted by Gasteiger charge is -2.35. The normalized spacial score (nSPS) is 14.8. The highest BCUT2D eigenvalue weighted by molar-refractivity contribution is 5.87. The summed E-state index contributed by atoms with van der Waals surface area (Å²) in [5.41, 5.74) is 1.63. The molecular formula is C26H29FN4O3. The number of rotatable bonds is 5. The zero-order valence-electron chi connectivity index (χ0n) is 19.7. The van der Waals surface area contributed by atoms with Gasteiger partial charge in [0, 0.05) is 38.3 Å². The number of hydrogen-bond donors (Lipinski definition) is 1. The van der Waals surface area contributed by atoms with E-state index in [0.717, 1.165) is 31.7 Å². The molecule has 0 unspecified atom stereocenters. The van der Waals surface area contributed by atoms with Gasteiger partial charge in [-0.25, -0.2) is 9.18 Å². The van der Waals surface area contributed by atoms with Crippen molar-refractivity contribution >= 4 is 11.8 Å². The number of halogens is 1. The van der Waals surface area contributed by atoms with Crippen LogP contribution in [-0.4, -0.2) is 58.0 Å². The van der Waals surface area contributed by atoms with Crippen molar-refractivity contribution in [3.63, 3.8) is 0 Å². The van der Waals surface area contributed by atoms with Gasteiger partial charge in [0.1, 0.15) is 17.2 Å². The first-order valence-corrected chi connectivity index (χ1v) is 11.3. The molecule has 0 bridgehead atoms. The number of piperazine rings is 1. The third-order valence-electron chi connectivity index (χ3n) is 5.55. The van der Waals surface area contributed by atoms with Crippen LogP contribution in [0.1, 0.15) is 36.8 Å². The molecule has 1 fully saturated rings. The van der Waals surface area contributed by atoms with Crippen molar-refractivity contribution < 1.29 is 19.0 Å². The first-order valence-electron chi connectivity index (χ1n) is 11.3. The topological polar surface area (TPSA) is 78.8 Å². The van der Waals surface area contributed by atoms with Crippen molar-refractivity contribution in [2.24, 2.45) is 0 Å². The van der Waals surface area contributed by atoms with E-state index < -0.39 is 11.6 Å². The predicted octanol–water partition coefficient (Wildman–Crippen LogP) is 4.27. The van der Waals surface area contributed by atoms with E-state index in [1.165, 1.54) is 0 Å². The largest absolute Gasteiger partial charge is 0.508 e. The highest BCUT2D eigenvalue weighted by Gasteiger charge is 2.22. The molecule has 2 aromatic carbocycles. The van der Waals surface area contributed by atoms with Crippen LogP contribution in [0.25, 0.3) is 11.1 Å². The van der Waals surface area contributed by atoms with E-state index in [4.69, 9.17) is 4.74 Å². The predicted molar refractivity (Wildman–Crippen MR) is 128 cm³/mol. The third-order valence-corrected chi connectivity index (χ3v) is 5.55. The number of phenols is 1. The summed E-state index contributed by atoms with van der Waals surface area (Å²) in [4.78, 5) is 16.5. The van der Waals surface area contributed by atoms with Crippen LogP contribution >= 0.6 is 0 Å². The number of aromatic nitrogens is 2. The summed E-state index contributed by atoms with van der Waals surface area (Å²) in [6.45, 7) is 9.18. The summed E-state index contributed by atoms with van der Waals surface area (Å²) < 4.78 is 20.1. The van der Waals surface area contributed by atoms with E-state index in [1.54, 1.807) is 48.5 Å². The third kappa shape index (κ3) is 5.88. The van der Waals surface area contributed by atoms with Crippen LogP contribution in [0.4, 0.5) is 10.2 Å². The standard InChI is InChI=1S/C26H29FN4O3/c1-26(2,3)34-25(33)23-9-10-24(29-28-23)31-13-11-30(12-14-31)17-18-7-8-21(22(27)15-18)19-5-4-6-20(32)16-19/h4-10,15-16,32H,11-14,17H2,1-3H3. The van der Waals surface area contributed by atoms with Crippen molar-refractivity contribution in [2.75, 3.05) is 31.1 Å². The molecule has 1 aliphatic heterocycles. The van der Waals surface area contributed by atoms with Gasteiger partial charge in [0.2, 0.25) is 0 Å². The lowest BCUT2D eigenvalue weighted by atomic mass is 10.0. The molecule has 4 rings (SSSR count). The Morgan fingerprint density at radius 3 is 2.41 bits per heavy atom. The second kappa shape index (κ2) is 9.77. The zero-order valence-corrected chi connectivity index (χ0v) is 19.7. The number of phenolic OH excluding ortho intramolecular Hbond substituents is 1. The maximum atomic E-state index is 14.7. The van der Waals surface area contributed by atoms with E-state index >= 15 is 0 Å². The van der Waals surface area contributed by atoms with Gasteiger partial charge in [-0.1, -0.05) is 24.3 Å². The molecule has 0 aliphatic carbocycles. The van der Waals surface area contributed by atoms with Gasteiger partial charge >= 0.3 is 5.97 Å². The van der Waals surface area contributed by atoms with E-state index in [0.29, 0.717) is 23.5 Å². The number of nitrogens with zero attached hydrogens (tertiary/aromatic N) is 4. The number of ether oxygens (including phenoxy) is 1. The lowest BCUT2D eigenvalue weighted by Crippen LogP contribution is -2.46. The first kappa shape index (κ1) is 23.6. The fourth-order valence-corrected chi connectivity index (χ4v) is 3.89. The molecule has 1 N–H and O–H groups in total. The van der Waals surface area contributed by atoms with Gasteiger partial charge in [-0.15, -0.1) is 10.2 Å². The van der Waals surface area contributed by atoms with Gasteiger partial charge in [-0.3, -0.25) is 4.90 Å². The molecule has 1 saturated heterocycles. The monoisotopic (exact) mass is 464 g/mol. The summed E-state index contributed by atoms with van der Waals surface area (Å²) >= 11 is 0. The van der Waals surface area contributed by atoms with Crippen LogP contribution in [0.5, 0.6) is 5.75 Å². The Bertz CT molecular complexity index is 1150. The smallest absolute Gasteiger partial charge is 0.359 e. The lowest BCUT2D eigenvalue weighted by molar-refractivity contribution is 0.00616. The Labute approximate surface area is 198 Å². The number of esters is 1. The summed E-state index contributed by atoms with van der Waals surface area (Å²) in [5.74, 6) is 0.0391. The molecule has 7 nitrogen and oxygen atoms in total. The van der Waals surface area contributed by atoms with E-state index in [-0.39, 0.29) is 17.3 Å². The number of aromatic hydroxyl groups is 1. The van der Waals surface area contributed by atoms with Crippen molar-refractivity contribution in [1.82, 2.24) is 15.1 Å². The highest BCUT2D eigenvalue weighted by atomic mass is 19.1. The van der Waals surface area contributed by atoms with Crippen molar-refractivity contribution in [3.05, 3.63) is 71.7 Å². The van der Waals surface area contributed by atoms with Crippen molar-refractivity contribution in [3.8, 4) is 16.9 Å². The number of benzene rings is 2. The minimum Gasteiger partial charge on any atom is -0.508 e. The number of hydrogen-bond acceptors (Lipinski definition) is 7. The number of anilines is 1. The van der Waals surface area contributed by atoms with Gasteiger partial charge in [-0.2, -0.15) is 0 Å². The molecule has 0 saturated carbocycles. The van der Waals surface area contributed by atoms with Gasteiger partial charge in [0.25, 0.3) is 0 Å². The Balaban J connectivity index is 1.33. The molecule has 1 aromatic heterocycles. The molecule has 0 amide bonds. The van der Waals surface area contributed by atoms with Crippen molar-refractivity contribution in [1.29, 1.82) is 0 Å². The molecule has 3 aromatic rings. The zero-order chi connectivity index (χ0) is 24.3. The Hall–Kier alpha value is -3.52. The molecule has 0 spiro atoms. The van der Waals surface area contributed by atoms with Crippen LogP contribution in [0.2, 0.25) is 0 Å². The minimum atomic E-state index is -0.582. The van der Waals surface area contributed by atoms with Crippen molar-refractivity contribution in [2.45, 2.75) is 32.9 Å². The molecule has 178 valence electrons. The van der Waals surface area contributed by atoms with Gasteiger partial charge in [-0.05, 0) is 62.2 Å². The Morgan fingerprint density at radius 1 is 1.03 bits per heavy atom. The molecule has 1 aliphatic rings. The van der Waals surface area contributed by atoms with Gasteiger partial charge < -0.3 is 14.7 Å². The molecule has 8 heteroatoms. The second-order valence-electron chi connectivity index (χ2n) is 9.41. The van der Waals surface area contributed by atoms with Crippen LogP contribution in [0, 0.1) is 5.82 Å². The molecule has 0 radical (unpaired) electrons. The molecule has 34 heavy (non-hydrogen) atoms. The highest BCUT2D eigenvalue weighted by Crippen LogP contribution is 2.27. The second-order valence-corrected chi connectivity index (χ2v) is 9.41. The van der Waals surface area contributed by atoms with Gasteiger partial charge in [0.15, 0.2) is 11.5 Å². The maximum Gasteiger partial charge on any atom is 0.359 e. The SMILES string of the molecule is CC(C)(C)OC(=O)c1ccc(N2CCN(Cc3ccc(-c4cccc(O)c4)c(F)c3)CC2)nn1. The Kier molecular flexibility index (Phi) is 6.79. The summed E-state index contributed by atoms with van der Waals surface area (Å²) in [6.07, 6.45) is 0. The van der Waals surface area contributed by atoms with Crippen LogP contribution in [0.15, 0.2) is 54.6 Å². The van der Waals surface area contributed by atoms with Crippen LogP contribution in [-0.2, 0) is 11.3 Å². The minimum absolute atomic E-state index is 0.114. The average Bonchev–Trinajstić information content (AvgIpc) is 2.79. The van der Waals surface area contributed by atoms with E-state index in [2.05, 4.69) is 20.0 Å². The Morgan fingerprint density at radius 2 is 1.79 bits per heavy atom. The van der Waals surface area contributed by atoms with E-state index in [1.807, 2.05) is 26.8 Å². The maximum absolute atomic E-state index is 14.7. The quantitative estimate of drug-likeness (QED) is 0.565. The summed E-state index contributed by atoms with van der Waals surface area (Å²) in [5, 5.41) is 17.9. The number of carbonyl (C=O) groups excluding carboxylic acids is 1. The first-order chi connectivity index (χ1) is 16.2.